The molecule has 4 nitrogen and oxygen atoms in total. The van der Waals surface area contributed by atoms with Crippen molar-refractivity contribution < 1.29 is 18.7 Å². The number of carbonyl (C=O) groups is 1. The summed E-state index contributed by atoms with van der Waals surface area (Å²) in [5, 5.41) is 1.19. The van der Waals surface area contributed by atoms with Gasteiger partial charge < -0.3 is 9.47 Å². The van der Waals surface area contributed by atoms with Gasteiger partial charge in [0.1, 0.15) is 11.6 Å². The molecule has 1 aromatic heterocycles. The topological polar surface area (TPSA) is 48.4 Å². The molecular formula is C19H16FNO3. The van der Waals surface area contributed by atoms with Crippen LogP contribution in [-0.4, -0.2) is 24.7 Å². The molecule has 0 amide bonds. The number of rotatable bonds is 5. The minimum Gasteiger partial charge on any atom is -0.497 e. The molecule has 0 aliphatic rings. The van der Waals surface area contributed by atoms with Crippen LogP contribution in [0.5, 0.6) is 5.75 Å². The van der Waals surface area contributed by atoms with Gasteiger partial charge in [-0.25, -0.2) is 9.18 Å². The number of benzene rings is 2. The fourth-order valence-corrected chi connectivity index (χ4v) is 2.47. The Bertz CT molecular complexity index is 879. The maximum Gasteiger partial charge on any atom is 0.340 e. The van der Waals surface area contributed by atoms with Crippen LogP contribution in [0.3, 0.4) is 0 Å². The Kier molecular flexibility index (Phi) is 4.70. The molecule has 0 saturated carbocycles. The SMILES string of the molecule is COc1cccc(CCOC(=O)c2cncc3ccc(F)cc23)c1. The second kappa shape index (κ2) is 7.08. The van der Waals surface area contributed by atoms with Gasteiger partial charge in [-0.05, 0) is 35.9 Å². The third-order valence-electron chi connectivity index (χ3n) is 3.70. The van der Waals surface area contributed by atoms with E-state index in [1.54, 1.807) is 19.4 Å². The molecule has 24 heavy (non-hydrogen) atoms. The summed E-state index contributed by atoms with van der Waals surface area (Å²) >= 11 is 0. The van der Waals surface area contributed by atoms with Crippen LogP contribution in [-0.2, 0) is 11.2 Å². The van der Waals surface area contributed by atoms with E-state index in [-0.39, 0.29) is 12.2 Å². The van der Waals surface area contributed by atoms with E-state index in [9.17, 15) is 9.18 Å². The standard InChI is InChI=1S/C19H16FNO3/c1-23-16-4-2-3-13(9-16)7-8-24-19(22)18-12-21-11-14-5-6-15(20)10-17(14)18/h2-6,9-12H,7-8H2,1H3. The van der Waals surface area contributed by atoms with Crippen molar-refractivity contribution in [2.75, 3.05) is 13.7 Å². The fraction of sp³-hybridized carbons (Fsp3) is 0.158. The zero-order valence-corrected chi connectivity index (χ0v) is 13.2. The molecular weight excluding hydrogens is 309 g/mol. The zero-order chi connectivity index (χ0) is 16.9. The highest BCUT2D eigenvalue weighted by Crippen LogP contribution is 2.20. The predicted octanol–water partition coefficient (Wildman–Crippen LogP) is 3.78. The maximum atomic E-state index is 13.4. The number of ether oxygens (including phenoxy) is 2. The van der Waals surface area contributed by atoms with Crippen molar-refractivity contribution in [2.24, 2.45) is 0 Å². The van der Waals surface area contributed by atoms with Gasteiger partial charge in [-0.15, -0.1) is 0 Å². The largest absolute Gasteiger partial charge is 0.497 e. The molecule has 2 aromatic carbocycles. The molecule has 1 heterocycles. The molecule has 0 N–H and O–H groups in total. The van der Waals surface area contributed by atoms with Crippen LogP contribution in [0.25, 0.3) is 10.8 Å². The Morgan fingerprint density at radius 3 is 2.88 bits per heavy atom. The molecule has 0 spiro atoms. The number of halogens is 1. The predicted molar refractivity (Wildman–Crippen MR) is 88.7 cm³/mol. The second-order valence-electron chi connectivity index (χ2n) is 5.29. The first-order valence-corrected chi connectivity index (χ1v) is 7.50. The highest BCUT2D eigenvalue weighted by atomic mass is 19.1. The number of pyridine rings is 1. The molecule has 0 radical (unpaired) electrons. The van der Waals surface area contributed by atoms with Gasteiger partial charge in [0.2, 0.25) is 0 Å². The van der Waals surface area contributed by atoms with Crippen LogP contribution in [0.15, 0.2) is 54.9 Å². The number of hydrogen-bond donors (Lipinski definition) is 0. The van der Waals surface area contributed by atoms with Crippen molar-refractivity contribution in [3.8, 4) is 5.75 Å². The monoisotopic (exact) mass is 325 g/mol. The van der Waals surface area contributed by atoms with Crippen molar-refractivity contribution in [1.82, 2.24) is 4.98 Å². The molecule has 0 aliphatic heterocycles. The van der Waals surface area contributed by atoms with Crippen molar-refractivity contribution in [1.29, 1.82) is 0 Å². The number of nitrogens with zero attached hydrogens (tertiary/aromatic N) is 1. The van der Waals surface area contributed by atoms with Gasteiger partial charge in [0, 0.05) is 29.6 Å². The molecule has 3 aromatic rings. The Morgan fingerprint density at radius 2 is 2.04 bits per heavy atom. The van der Waals surface area contributed by atoms with E-state index in [1.165, 1.54) is 18.3 Å². The molecule has 0 unspecified atom stereocenters. The molecule has 0 fully saturated rings. The van der Waals surface area contributed by atoms with E-state index in [1.807, 2.05) is 24.3 Å². The van der Waals surface area contributed by atoms with E-state index in [2.05, 4.69) is 4.98 Å². The first-order valence-electron chi connectivity index (χ1n) is 7.50. The lowest BCUT2D eigenvalue weighted by Crippen LogP contribution is -2.09. The first-order chi connectivity index (χ1) is 11.7. The summed E-state index contributed by atoms with van der Waals surface area (Å²) in [6, 6.07) is 11.8. The van der Waals surface area contributed by atoms with E-state index < -0.39 is 11.8 Å². The second-order valence-corrected chi connectivity index (χ2v) is 5.29. The molecule has 5 heteroatoms. The first kappa shape index (κ1) is 15.9. The summed E-state index contributed by atoms with van der Waals surface area (Å²) in [5.41, 5.74) is 1.27. The molecule has 0 bridgehead atoms. The molecule has 3 rings (SSSR count). The third kappa shape index (κ3) is 3.51. The Morgan fingerprint density at radius 1 is 1.17 bits per heavy atom. The fourth-order valence-electron chi connectivity index (χ4n) is 2.47. The highest BCUT2D eigenvalue weighted by Gasteiger charge is 2.13. The van der Waals surface area contributed by atoms with E-state index >= 15 is 0 Å². The quantitative estimate of drug-likeness (QED) is 0.670. The number of fused-ring (bicyclic) bond motifs is 1. The number of methoxy groups -OCH3 is 1. The summed E-state index contributed by atoms with van der Waals surface area (Å²) in [6.07, 6.45) is 3.55. The van der Waals surface area contributed by atoms with Crippen LogP contribution >= 0.6 is 0 Å². The molecule has 0 aliphatic carbocycles. The van der Waals surface area contributed by atoms with Crippen LogP contribution in [0, 0.1) is 5.82 Å². The van der Waals surface area contributed by atoms with Gasteiger partial charge in [0.25, 0.3) is 0 Å². The average molecular weight is 325 g/mol. The minimum absolute atomic E-state index is 0.220. The van der Waals surface area contributed by atoms with Crippen LogP contribution in [0.2, 0.25) is 0 Å². The number of hydrogen-bond acceptors (Lipinski definition) is 4. The Balaban J connectivity index is 1.70. The number of esters is 1. The Hall–Kier alpha value is -2.95. The van der Waals surface area contributed by atoms with E-state index in [0.717, 1.165) is 11.3 Å². The van der Waals surface area contributed by atoms with Crippen molar-refractivity contribution >= 4 is 16.7 Å². The summed E-state index contributed by atoms with van der Waals surface area (Å²) in [6.45, 7) is 0.220. The number of carbonyl (C=O) groups excluding carboxylic acids is 1. The van der Waals surface area contributed by atoms with Gasteiger partial charge in [-0.1, -0.05) is 12.1 Å². The molecule has 122 valence electrons. The third-order valence-corrected chi connectivity index (χ3v) is 3.70. The lowest BCUT2D eigenvalue weighted by molar-refractivity contribution is 0.0511. The van der Waals surface area contributed by atoms with Crippen LogP contribution < -0.4 is 4.74 Å². The van der Waals surface area contributed by atoms with Gasteiger partial charge in [-0.3, -0.25) is 4.98 Å². The van der Waals surface area contributed by atoms with Gasteiger partial charge in [0.05, 0.1) is 19.3 Å². The van der Waals surface area contributed by atoms with Crippen LogP contribution in [0.1, 0.15) is 15.9 Å². The van der Waals surface area contributed by atoms with Gasteiger partial charge in [-0.2, -0.15) is 0 Å². The summed E-state index contributed by atoms with van der Waals surface area (Å²) in [5.74, 6) is -0.159. The number of aromatic nitrogens is 1. The normalized spacial score (nSPS) is 10.6. The smallest absolute Gasteiger partial charge is 0.340 e. The van der Waals surface area contributed by atoms with Gasteiger partial charge in [0.15, 0.2) is 0 Å². The van der Waals surface area contributed by atoms with Crippen LogP contribution in [0.4, 0.5) is 4.39 Å². The highest BCUT2D eigenvalue weighted by molar-refractivity contribution is 6.03. The van der Waals surface area contributed by atoms with E-state index in [0.29, 0.717) is 17.2 Å². The van der Waals surface area contributed by atoms with Gasteiger partial charge >= 0.3 is 5.97 Å². The average Bonchev–Trinajstić information content (AvgIpc) is 2.61. The molecule has 0 atom stereocenters. The van der Waals surface area contributed by atoms with E-state index in [4.69, 9.17) is 9.47 Å². The summed E-state index contributed by atoms with van der Waals surface area (Å²) < 4.78 is 23.9. The van der Waals surface area contributed by atoms with Crippen molar-refractivity contribution in [2.45, 2.75) is 6.42 Å². The zero-order valence-electron chi connectivity index (χ0n) is 13.2. The minimum atomic E-state index is -0.512. The lowest BCUT2D eigenvalue weighted by atomic mass is 10.1. The Labute approximate surface area is 138 Å². The van der Waals surface area contributed by atoms with Crippen molar-refractivity contribution in [3.63, 3.8) is 0 Å². The lowest BCUT2D eigenvalue weighted by Gasteiger charge is -2.08. The van der Waals surface area contributed by atoms with Crippen molar-refractivity contribution in [3.05, 3.63) is 71.8 Å². The maximum absolute atomic E-state index is 13.4. The summed E-state index contributed by atoms with van der Waals surface area (Å²) in [7, 11) is 1.60. The molecule has 0 saturated heterocycles. The summed E-state index contributed by atoms with van der Waals surface area (Å²) in [4.78, 5) is 16.3.